The van der Waals surface area contributed by atoms with Crippen LogP contribution in [0.1, 0.15) is 23.2 Å². The summed E-state index contributed by atoms with van der Waals surface area (Å²) in [6.45, 7) is -0.159. The first-order valence-corrected chi connectivity index (χ1v) is 9.51. The number of nitrogens with zero attached hydrogens (tertiary/aromatic N) is 1. The molecule has 1 aliphatic heterocycles. The van der Waals surface area contributed by atoms with Gasteiger partial charge in [0.2, 0.25) is 11.8 Å². The van der Waals surface area contributed by atoms with Crippen molar-refractivity contribution < 1.29 is 23.9 Å². The third-order valence-electron chi connectivity index (χ3n) is 5.35. The molecule has 2 aliphatic rings. The lowest BCUT2D eigenvalue weighted by Crippen LogP contribution is -2.30. The van der Waals surface area contributed by atoms with Crippen molar-refractivity contribution in [1.29, 1.82) is 0 Å². The molecule has 1 heterocycles. The highest BCUT2D eigenvalue weighted by Crippen LogP contribution is 2.38. The molecule has 2 aromatic rings. The smallest absolute Gasteiger partial charge is 0.238 e. The second-order valence-electron chi connectivity index (χ2n) is 7.11. The first kappa shape index (κ1) is 18.9. The highest BCUT2D eigenvalue weighted by atomic mass is 16.5. The number of carbonyl (C=O) groups excluding carboxylic acids is 3. The molecule has 0 radical (unpaired) electrons. The molecule has 4 rings (SSSR count). The number of ketones is 1. The van der Waals surface area contributed by atoms with E-state index in [0.717, 1.165) is 0 Å². The Hall–Kier alpha value is -3.41. The van der Waals surface area contributed by atoms with Gasteiger partial charge in [-0.3, -0.25) is 14.4 Å². The van der Waals surface area contributed by atoms with Gasteiger partial charge in [0.25, 0.3) is 0 Å². The van der Waals surface area contributed by atoms with Crippen LogP contribution in [-0.2, 0) is 9.59 Å². The fraction of sp³-hybridized carbons (Fsp3) is 0.261. The maximum Gasteiger partial charge on any atom is 0.238 e. The van der Waals surface area contributed by atoms with Crippen molar-refractivity contribution in [2.24, 2.45) is 11.8 Å². The Bertz CT molecular complexity index is 970. The van der Waals surface area contributed by atoms with Crippen molar-refractivity contribution in [3.63, 3.8) is 0 Å². The van der Waals surface area contributed by atoms with Gasteiger partial charge in [-0.1, -0.05) is 30.4 Å². The van der Waals surface area contributed by atoms with E-state index in [4.69, 9.17) is 9.47 Å². The predicted molar refractivity (Wildman–Crippen MR) is 107 cm³/mol. The van der Waals surface area contributed by atoms with Crippen LogP contribution in [0.3, 0.4) is 0 Å². The monoisotopic (exact) mass is 391 g/mol. The Morgan fingerprint density at radius 2 is 1.62 bits per heavy atom. The van der Waals surface area contributed by atoms with Gasteiger partial charge < -0.3 is 9.47 Å². The summed E-state index contributed by atoms with van der Waals surface area (Å²) in [6, 6.07) is 13.6. The second kappa shape index (κ2) is 7.91. The molecule has 0 saturated carbocycles. The van der Waals surface area contributed by atoms with Crippen LogP contribution in [0.5, 0.6) is 11.5 Å². The molecule has 0 spiro atoms. The Balaban J connectivity index is 1.47. The highest BCUT2D eigenvalue weighted by Gasteiger charge is 2.47. The van der Waals surface area contributed by atoms with E-state index in [-0.39, 0.29) is 36.0 Å². The van der Waals surface area contributed by atoms with E-state index in [0.29, 0.717) is 35.6 Å². The first-order chi connectivity index (χ1) is 14.1. The molecule has 29 heavy (non-hydrogen) atoms. The average Bonchev–Trinajstić information content (AvgIpc) is 3.02. The summed E-state index contributed by atoms with van der Waals surface area (Å²) in [5.41, 5.74) is 0.961. The molecule has 0 aromatic heterocycles. The van der Waals surface area contributed by atoms with Gasteiger partial charge in [0.1, 0.15) is 11.5 Å². The molecule has 0 N–H and O–H groups in total. The Labute approximate surface area is 168 Å². The number of Topliss-reactive ketones (excluding diaryl/α,β-unsaturated/α-hetero) is 1. The quantitative estimate of drug-likeness (QED) is 0.429. The van der Waals surface area contributed by atoms with Crippen LogP contribution in [0.4, 0.5) is 5.69 Å². The average molecular weight is 391 g/mol. The number of carbonyl (C=O) groups is 3. The van der Waals surface area contributed by atoms with Gasteiger partial charge in [0, 0.05) is 11.6 Å². The molecular formula is C23H21NO5. The normalized spacial score (nSPS) is 20.5. The lowest BCUT2D eigenvalue weighted by molar-refractivity contribution is -0.122. The molecular weight excluding hydrogens is 370 g/mol. The van der Waals surface area contributed by atoms with Crippen molar-refractivity contribution in [3.05, 3.63) is 66.2 Å². The molecule has 6 heteroatoms. The highest BCUT2D eigenvalue weighted by molar-refractivity contribution is 6.22. The van der Waals surface area contributed by atoms with Gasteiger partial charge in [-0.2, -0.15) is 0 Å². The van der Waals surface area contributed by atoms with Gasteiger partial charge in [0.15, 0.2) is 12.4 Å². The summed E-state index contributed by atoms with van der Waals surface area (Å²) in [4.78, 5) is 39.1. The zero-order valence-corrected chi connectivity index (χ0v) is 16.0. The predicted octanol–water partition coefficient (Wildman–Crippen LogP) is 3.41. The van der Waals surface area contributed by atoms with E-state index < -0.39 is 0 Å². The SMILES string of the molecule is COc1cccc(C(=O)COc2cccc(N3C(=O)[C@H]4CC=CC[C@@H]4C3=O)c2)c1. The molecule has 148 valence electrons. The van der Waals surface area contributed by atoms with Gasteiger partial charge in [-0.05, 0) is 37.1 Å². The van der Waals surface area contributed by atoms with E-state index in [1.165, 1.54) is 4.90 Å². The Morgan fingerprint density at radius 1 is 0.966 bits per heavy atom. The maximum atomic E-state index is 12.7. The van der Waals surface area contributed by atoms with Gasteiger partial charge >= 0.3 is 0 Å². The maximum absolute atomic E-state index is 12.7. The van der Waals surface area contributed by atoms with Crippen molar-refractivity contribution in [2.45, 2.75) is 12.8 Å². The lowest BCUT2D eigenvalue weighted by Gasteiger charge is -2.16. The topological polar surface area (TPSA) is 72.9 Å². The molecule has 0 bridgehead atoms. The minimum Gasteiger partial charge on any atom is -0.497 e. The summed E-state index contributed by atoms with van der Waals surface area (Å²) in [5.74, 6) is -0.0896. The van der Waals surface area contributed by atoms with Crippen LogP contribution >= 0.6 is 0 Å². The number of rotatable bonds is 6. The van der Waals surface area contributed by atoms with Crippen LogP contribution in [0, 0.1) is 11.8 Å². The van der Waals surface area contributed by atoms with Crippen LogP contribution in [0.2, 0.25) is 0 Å². The number of ether oxygens (including phenoxy) is 2. The molecule has 0 unspecified atom stereocenters. The van der Waals surface area contributed by atoms with Crippen molar-refractivity contribution in [1.82, 2.24) is 0 Å². The van der Waals surface area contributed by atoms with Crippen molar-refractivity contribution >= 4 is 23.3 Å². The van der Waals surface area contributed by atoms with E-state index in [9.17, 15) is 14.4 Å². The van der Waals surface area contributed by atoms with Crippen LogP contribution < -0.4 is 14.4 Å². The summed E-state index contributed by atoms with van der Waals surface area (Å²) in [5, 5.41) is 0. The van der Waals surface area contributed by atoms with Crippen LogP contribution in [-0.4, -0.2) is 31.3 Å². The minimum absolute atomic E-state index is 0.159. The fourth-order valence-electron chi connectivity index (χ4n) is 3.80. The van der Waals surface area contributed by atoms with E-state index in [1.807, 2.05) is 12.2 Å². The second-order valence-corrected chi connectivity index (χ2v) is 7.11. The van der Waals surface area contributed by atoms with Gasteiger partial charge in [-0.15, -0.1) is 0 Å². The fourth-order valence-corrected chi connectivity index (χ4v) is 3.80. The Morgan fingerprint density at radius 3 is 2.31 bits per heavy atom. The van der Waals surface area contributed by atoms with Crippen molar-refractivity contribution in [3.8, 4) is 11.5 Å². The number of anilines is 1. The standard InChI is InChI=1S/C23H21NO5/c1-28-17-8-4-6-15(12-17)21(25)14-29-18-9-5-7-16(13-18)24-22(26)19-10-2-3-11-20(19)23(24)27/h2-9,12-13,19-20H,10-11,14H2,1H3/t19-,20-/m0/s1. The number of benzene rings is 2. The summed E-state index contributed by atoms with van der Waals surface area (Å²) < 4.78 is 10.8. The van der Waals surface area contributed by atoms with Gasteiger partial charge in [0.05, 0.1) is 24.6 Å². The number of amides is 2. The van der Waals surface area contributed by atoms with Gasteiger partial charge in [-0.25, -0.2) is 4.90 Å². The Kier molecular flexibility index (Phi) is 5.16. The number of fused-ring (bicyclic) bond motifs is 1. The molecule has 1 aliphatic carbocycles. The van der Waals surface area contributed by atoms with E-state index >= 15 is 0 Å². The minimum atomic E-state index is -0.285. The van der Waals surface area contributed by atoms with E-state index in [1.54, 1.807) is 55.6 Å². The zero-order chi connectivity index (χ0) is 20.4. The number of allylic oxidation sites excluding steroid dienone is 2. The van der Waals surface area contributed by atoms with Crippen molar-refractivity contribution in [2.75, 3.05) is 18.6 Å². The largest absolute Gasteiger partial charge is 0.497 e. The molecule has 2 aromatic carbocycles. The van der Waals surface area contributed by atoms with Crippen LogP contribution in [0.15, 0.2) is 60.7 Å². The van der Waals surface area contributed by atoms with E-state index in [2.05, 4.69) is 0 Å². The molecule has 2 amide bonds. The summed E-state index contributed by atoms with van der Waals surface area (Å²) in [7, 11) is 1.54. The van der Waals surface area contributed by atoms with Crippen LogP contribution in [0.25, 0.3) is 0 Å². The molecule has 6 nitrogen and oxygen atoms in total. The third-order valence-corrected chi connectivity index (χ3v) is 5.35. The molecule has 1 fully saturated rings. The number of imide groups is 1. The lowest BCUT2D eigenvalue weighted by atomic mass is 9.85. The molecule has 2 atom stereocenters. The number of hydrogen-bond donors (Lipinski definition) is 0. The third kappa shape index (κ3) is 3.66. The summed E-state index contributed by atoms with van der Waals surface area (Å²) in [6.07, 6.45) is 5.10. The number of hydrogen-bond acceptors (Lipinski definition) is 5. The zero-order valence-electron chi connectivity index (χ0n) is 16.0. The number of methoxy groups -OCH3 is 1. The summed E-state index contributed by atoms with van der Waals surface area (Å²) >= 11 is 0. The first-order valence-electron chi connectivity index (χ1n) is 9.51. The molecule has 1 saturated heterocycles.